The minimum absolute atomic E-state index is 0.243. The fraction of sp³-hybridized carbons (Fsp3) is 0.588. The molecule has 0 bridgehead atoms. The predicted octanol–water partition coefficient (Wildman–Crippen LogP) is 3.33. The zero-order valence-electron chi connectivity index (χ0n) is 12.9. The summed E-state index contributed by atoms with van der Waals surface area (Å²) in [6, 6.07) is 2.23. The molecule has 1 fully saturated rings. The average Bonchev–Trinajstić information content (AvgIpc) is 2.91. The maximum Gasteiger partial charge on any atom is 0.307 e. The van der Waals surface area contributed by atoms with Crippen molar-refractivity contribution < 1.29 is 14.7 Å². The van der Waals surface area contributed by atoms with E-state index in [0.29, 0.717) is 23.4 Å². The Kier molecular flexibility index (Phi) is 4.67. The third-order valence-corrected chi connectivity index (χ3v) is 6.15. The van der Waals surface area contributed by atoms with Crippen molar-refractivity contribution in [1.82, 2.24) is 0 Å². The summed E-state index contributed by atoms with van der Waals surface area (Å²) in [5.41, 5.74) is 1.67. The highest BCUT2D eigenvalue weighted by molar-refractivity contribution is 7.16. The summed E-state index contributed by atoms with van der Waals surface area (Å²) in [7, 11) is 0. The molecule has 0 unspecified atom stereocenters. The van der Waals surface area contributed by atoms with Crippen LogP contribution in [0.25, 0.3) is 0 Å². The van der Waals surface area contributed by atoms with Crippen molar-refractivity contribution in [1.29, 1.82) is 5.26 Å². The molecular formula is C17H20N2O3S. The minimum Gasteiger partial charge on any atom is -0.481 e. The molecule has 5 nitrogen and oxygen atoms in total. The van der Waals surface area contributed by atoms with Crippen LogP contribution in [0.1, 0.15) is 54.5 Å². The van der Waals surface area contributed by atoms with E-state index in [2.05, 4.69) is 11.4 Å². The molecule has 6 heteroatoms. The molecule has 2 atom stereocenters. The van der Waals surface area contributed by atoms with Gasteiger partial charge < -0.3 is 10.4 Å². The van der Waals surface area contributed by atoms with Gasteiger partial charge in [0.05, 0.1) is 17.4 Å². The molecule has 0 spiro atoms. The smallest absolute Gasteiger partial charge is 0.307 e. The Morgan fingerprint density at radius 3 is 2.52 bits per heavy atom. The van der Waals surface area contributed by atoms with Gasteiger partial charge in [-0.1, -0.05) is 12.8 Å². The zero-order valence-corrected chi connectivity index (χ0v) is 13.7. The number of carboxylic acid groups (broad SMARTS) is 1. The fourth-order valence-corrected chi connectivity index (χ4v) is 4.96. The number of hydrogen-bond acceptors (Lipinski definition) is 4. The van der Waals surface area contributed by atoms with Crippen LogP contribution in [0.3, 0.4) is 0 Å². The monoisotopic (exact) mass is 332 g/mol. The quantitative estimate of drug-likeness (QED) is 0.888. The zero-order chi connectivity index (χ0) is 16.4. The number of carbonyl (C=O) groups excluding carboxylic acids is 1. The second kappa shape index (κ2) is 6.71. The van der Waals surface area contributed by atoms with E-state index in [1.807, 2.05) is 0 Å². The summed E-state index contributed by atoms with van der Waals surface area (Å²) in [6.07, 6.45) is 6.96. The molecule has 1 saturated carbocycles. The number of fused-ring (bicyclic) bond motifs is 1. The van der Waals surface area contributed by atoms with E-state index >= 15 is 0 Å². The molecule has 2 aliphatic rings. The lowest BCUT2D eigenvalue weighted by Crippen LogP contribution is -2.36. The fourth-order valence-electron chi connectivity index (χ4n) is 3.72. The Morgan fingerprint density at radius 2 is 1.83 bits per heavy atom. The number of carboxylic acids is 1. The second-order valence-electron chi connectivity index (χ2n) is 6.35. The number of nitrogens with zero attached hydrogens (tertiary/aromatic N) is 1. The van der Waals surface area contributed by atoms with E-state index in [-0.39, 0.29) is 5.91 Å². The van der Waals surface area contributed by atoms with E-state index in [9.17, 15) is 20.0 Å². The molecule has 2 aliphatic carbocycles. The van der Waals surface area contributed by atoms with Crippen molar-refractivity contribution in [3.63, 3.8) is 0 Å². The maximum absolute atomic E-state index is 12.6. The third kappa shape index (κ3) is 3.11. The molecule has 0 radical (unpaired) electrons. The number of aryl methyl sites for hydroxylation is 1. The molecule has 0 saturated heterocycles. The van der Waals surface area contributed by atoms with Crippen LogP contribution in [0.2, 0.25) is 0 Å². The van der Waals surface area contributed by atoms with Crippen LogP contribution in [-0.4, -0.2) is 17.0 Å². The van der Waals surface area contributed by atoms with E-state index in [1.54, 1.807) is 0 Å². The van der Waals surface area contributed by atoms with E-state index < -0.39 is 17.8 Å². The van der Waals surface area contributed by atoms with Crippen LogP contribution in [0.5, 0.6) is 0 Å². The largest absolute Gasteiger partial charge is 0.481 e. The summed E-state index contributed by atoms with van der Waals surface area (Å²) < 4.78 is 0. The molecule has 23 heavy (non-hydrogen) atoms. The van der Waals surface area contributed by atoms with Gasteiger partial charge in [0.15, 0.2) is 0 Å². The van der Waals surface area contributed by atoms with E-state index in [0.717, 1.165) is 44.1 Å². The molecule has 0 aromatic carbocycles. The highest BCUT2D eigenvalue weighted by Gasteiger charge is 2.36. The van der Waals surface area contributed by atoms with Gasteiger partial charge in [-0.15, -0.1) is 11.3 Å². The first-order valence-electron chi connectivity index (χ1n) is 8.20. The van der Waals surface area contributed by atoms with Crippen LogP contribution in [0, 0.1) is 23.2 Å². The lowest BCUT2D eigenvalue weighted by atomic mass is 9.78. The number of rotatable bonds is 3. The van der Waals surface area contributed by atoms with Gasteiger partial charge in [-0.25, -0.2) is 0 Å². The van der Waals surface area contributed by atoms with Crippen molar-refractivity contribution in [2.24, 2.45) is 11.8 Å². The third-order valence-electron chi connectivity index (χ3n) is 4.94. The van der Waals surface area contributed by atoms with Gasteiger partial charge in [-0.05, 0) is 44.1 Å². The Labute approximate surface area is 139 Å². The second-order valence-corrected chi connectivity index (χ2v) is 7.46. The van der Waals surface area contributed by atoms with Gasteiger partial charge in [0, 0.05) is 4.88 Å². The first-order valence-corrected chi connectivity index (χ1v) is 9.01. The van der Waals surface area contributed by atoms with Crippen molar-refractivity contribution in [3.05, 3.63) is 16.0 Å². The van der Waals surface area contributed by atoms with Gasteiger partial charge in [0.2, 0.25) is 5.91 Å². The molecule has 0 aliphatic heterocycles. The highest BCUT2D eigenvalue weighted by atomic mass is 32.1. The van der Waals surface area contributed by atoms with Gasteiger partial charge in [-0.2, -0.15) is 5.26 Å². The first-order chi connectivity index (χ1) is 11.1. The van der Waals surface area contributed by atoms with Crippen molar-refractivity contribution in [2.45, 2.75) is 51.4 Å². The summed E-state index contributed by atoms with van der Waals surface area (Å²) >= 11 is 1.49. The van der Waals surface area contributed by atoms with Gasteiger partial charge >= 0.3 is 5.97 Å². The Morgan fingerprint density at radius 1 is 1.13 bits per heavy atom. The van der Waals surface area contributed by atoms with Crippen LogP contribution < -0.4 is 5.32 Å². The number of thiophene rings is 1. The lowest BCUT2D eigenvalue weighted by Gasteiger charge is -2.27. The predicted molar refractivity (Wildman–Crippen MR) is 87.4 cm³/mol. The Hall–Kier alpha value is -1.87. The van der Waals surface area contributed by atoms with Crippen molar-refractivity contribution >= 4 is 28.2 Å². The highest BCUT2D eigenvalue weighted by Crippen LogP contribution is 2.39. The van der Waals surface area contributed by atoms with Crippen molar-refractivity contribution in [3.8, 4) is 6.07 Å². The number of aliphatic carboxylic acids is 1. The normalized spacial score (nSPS) is 23.6. The first kappa shape index (κ1) is 16.0. The number of anilines is 1. The number of carbonyl (C=O) groups is 2. The number of nitriles is 1. The lowest BCUT2D eigenvalue weighted by molar-refractivity contribution is -0.147. The molecule has 1 amide bonds. The van der Waals surface area contributed by atoms with Crippen LogP contribution in [-0.2, 0) is 22.4 Å². The van der Waals surface area contributed by atoms with Crippen LogP contribution >= 0.6 is 11.3 Å². The molecule has 122 valence electrons. The number of hydrogen-bond donors (Lipinski definition) is 2. The molecule has 2 N–H and O–H groups in total. The summed E-state index contributed by atoms with van der Waals surface area (Å²) in [6.45, 7) is 0. The Balaban J connectivity index is 1.81. The SMILES string of the molecule is N#Cc1c(NC(=O)[C@H]2CCCC[C@@H]2C(=O)O)sc2c1CCCC2. The molecule has 1 aromatic rings. The summed E-state index contributed by atoms with van der Waals surface area (Å²) in [5, 5.41) is 22.2. The Bertz CT molecular complexity index is 674. The van der Waals surface area contributed by atoms with Crippen LogP contribution in [0.4, 0.5) is 5.00 Å². The van der Waals surface area contributed by atoms with Crippen molar-refractivity contribution in [2.75, 3.05) is 5.32 Å². The minimum atomic E-state index is -0.893. The number of amides is 1. The van der Waals surface area contributed by atoms with Gasteiger partial charge in [-0.3, -0.25) is 9.59 Å². The maximum atomic E-state index is 12.6. The average molecular weight is 332 g/mol. The summed E-state index contributed by atoms with van der Waals surface area (Å²) in [5.74, 6) is -2.24. The molecule has 1 heterocycles. The number of nitrogens with one attached hydrogen (secondary N) is 1. The molecule has 1 aromatic heterocycles. The van der Waals surface area contributed by atoms with Gasteiger partial charge in [0.1, 0.15) is 11.1 Å². The molecule has 3 rings (SSSR count). The van der Waals surface area contributed by atoms with Gasteiger partial charge in [0.25, 0.3) is 0 Å². The van der Waals surface area contributed by atoms with Crippen LogP contribution in [0.15, 0.2) is 0 Å². The molecular weight excluding hydrogens is 312 g/mol. The standard InChI is InChI=1S/C17H20N2O3S/c18-9-13-10-5-3-4-8-14(10)23-16(13)19-15(20)11-6-1-2-7-12(11)17(21)22/h11-12H,1-8H2,(H,19,20)(H,21,22)/t11-,12-/m0/s1. The summed E-state index contributed by atoms with van der Waals surface area (Å²) in [4.78, 5) is 25.2. The van der Waals surface area contributed by atoms with E-state index in [4.69, 9.17) is 0 Å². The topological polar surface area (TPSA) is 90.2 Å². The van der Waals surface area contributed by atoms with E-state index in [1.165, 1.54) is 16.2 Å².